The van der Waals surface area contributed by atoms with Gasteiger partial charge in [0.05, 0.1) is 11.5 Å². The number of hydrogen-bond donors (Lipinski definition) is 0. The number of aromatic nitrogens is 1. The molecule has 2 aromatic heterocycles. The van der Waals surface area contributed by atoms with Crippen molar-refractivity contribution in [3.05, 3.63) is 53.7 Å². The molecule has 0 spiro atoms. The molecular formula is C17H17NO3S. The van der Waals surface area contributed by atoms with Crippen LogP contribution in [0.2, 0.25) is 0 Å². The summed E-state index contributed by atoms with van der Waals surface area (Å²) in [6, 6.07) is 11.6. The van der Waals surface area contributed by atoms with Gasteiger partial charge < -0.3 is 13.9 Å². The lowest BCUT2D eigenvalue weighted by molar-refractivity contribution is 0.259. The molecule has 5 heteroatoms. The molecule has 3 rings (SSSR count). The van der Waals surface area contributed by atoms with Gasteiger partial charge in [-0.05, 0) is 30.0 Å². The van der Waals surface area contributed by atoms with Crippen LogP contribution in [0.3, 0.4) is 0 Å². The van der Waals surface area contributed by atoms with E-state index in [-0.39, 0.29) is 0 Å². The molecule has 0 fully saturated rings. The van der Waals surface area contributed by atoms with E-state index in [0.717, 1.165) is 28.5 Å². The van der Waals surface area contributed by atoms with Gasteiger partial charge in [0, 0.05) is 0 Å². The molecule has 4 nitrogen and oxygen atoms in total. The Morgan fingerprint density at radius 3 is 2.64 bits per heavy atom. The van der Waals surface area contributed by atoms with Crippen LogP contribution in [0.1, 0.15) is 19.0 Å². The molecule has 0 saturated carbocycles. The van der Waals surface area contributed by atoms with Gasteiger partial charge in [-0.2, -0.15) is 0 Å². The number of hydrogen-bond acceptors (Lipinski definition) is 5. The molecule has 0 unspecified atom stereocenters. The van der Waals surface area contributed by atoms with E-state index in [9.17, 15) is 0 Å². The van der Waals surface area contributed by atoms with Crippen LogP contribution in [0.5, 0.6) is 11.5 Å². The van der Waals surface area contributed by atoms with Crippen LogP contribution in [0.15, 0.2) is 52.5 Å². The van der Waals surface area contributed by atoms with E-state index >= 15 is 0 Å². The Hall–Kier alpha value is -2.27. The van der Waals surface area contributed by atoms with Gasteiger partial charge in [-0.1, -0.05) is 25.1 Å². The molecule has 0 aliphatic carbocycles. The van der Waals surface area contributed by atoms with Gasteiger partial charge in [0.25, 0.3) is 0 Å². The fourth-order valence-corrected chi connectivity index (χ4v) is 2.59. The van der Waals surface area contributed by atoms with E-state index in [4.69, 9.17) is 13.9 Å². The van der Waals surface area contributed by atoms with Crippen molar-refractivity contribution in [2.75, 3.05) is 6.61 Å². The Kier molecular flexibility index (Phi) is 4.75. The first-order valence-corrected chi connectivity index (χ1v) is 8.07. The van der Waals surface area contributed by atoms with Crippen LogP contribution < -0.4 is 9.47 Å². The third kappa shape index (κ3) is 3.49. The summed E-state index contributed by atoms with van der Waals surface area (Å²) in [6.45, 7) is 3.10. The number of benzene rings is 1. The van der Waals surface area contributed by atoms with Crippen molar-refractivity contribution in [1.29, 1.82) is 0 Å². The van der Waals surface area contributed by atoms with Gasteiger partial charge in [-0.3, -0.25) is 0 Å². The molecule has 0 amide bonds. The van der Waals surface area contributed by atoms with Crippen LogP contribution in [0, 0.1) is 0 Å². The van der Waals surface area contributed by atoms with Crippen LogP contribution in [0.25, 0.3) is 10.8 Å². The zero-order chi connectivity index (χ0) is 15.2. The van der Waals surface area contributed by atoms with Gasteiger partial charge >= 0.3 is 0 Å². The van der Waals surface area contributed by atoms with E-state index in [2.05, 4.69) is 11.9 Å². The van der Waals surface area contributed by atoms with Crippen LogP contribution in [0.4, 0.5) is 0 Å². The second kappa shape index (κ2) is 7.13. The summed E-state index contributed by atoms with van der Waals surface area (Å²) in [6.07, 6.45) is 2.59. The average molecular weight is 315 g/mol. The minimum Gasteiger partial charge on any atom is -0.490 e. The van der Waals surface area contributed by atoms with Gasteiger partial charge in [-0.15, -0.1) is 11.3 Å². The standard InChI is InChI=1S/C17H17NO3S/c1-2-9-19-14-6-3-4-7-15(14)20-11-13-12-21-17(18-13)16-8-5-10-22-16/h3-8,10,12H,2,9,11H2,1H3. The lowest BCUT2D eigenvalue weighted by atomic mass is 10.3. The number of ether oxygens (including phenoxy) is 2. The van der Waals surface area contributed by atoms with Gasteiger partial charge in [0.1, 0.15) is 18.6 Å². The highest BCUT2D eigenvalue weighted by atomic mass is 32.1. The number of oxazole rings is 1. The zero-order valence-electron chi connectivity index (χ0n) is 12.3. The Bertz CT molecular complexity index is 706. The van der Waals surface area contributed by atoms with Crippen molar-refractivity contribution < 1.29 is 13.9 Å². The third-order valence-corrected chi connectivity index (χ3v) is 3.83. The Morgan fingerprint density at radius 2 is 1.91 bits per heavy atom. The summed E-state index contributed by atoms with van der Waals surface area (Å²) in [5, 5.41) is 2.00. The topological polar surface area (TPSA) is 44.5 Å². The number of thiophene rings is 1. The van der Waals surface area contributed by atoms with Crippen molar-refractivity contribution in [2.24, 2.45) is 0 Å². The lowest BCUT2D eigenvalue weighted by Crippen LogP contribution is -2.00. The second-order valence-electron chi connectivity index (χ2n) is 4.71. The summed E-state index contributed by atoms with van der Waals surface area (Å²) >= 11 is 1.60. The van der Waals surface area contributed by atoms with E-state index in [0.29, 0.717) is 19.1 Å². The fraction of sp³-hybridized carbons (Fsp3) is 0.235. The van der Waals surface area contributed by atoms with Gasteiger partial charge in [0.15, 0.2) is 11.5 Å². The first kappa shape index (κ1) is 14.7. The van der Waals surface area contributed by atoms with Gasteiger partial charge in [-0.25, -0.2) is 4.98 Å². The largest absolute Gasteiger partial charge is 0.490 e. The minimum absolute atomic E-state index is 0.349. The van der Waals surface area contributed by atoms with E-state index in [1.807, 2.05) is 41.8 Å². The molecule has 22 heavy (non-hydrogen) atoms. The second-order valence-corrected chi connectivity index (χ2v) is 5.65. The normalized spacial score (nSPS) is 10.6. The third-order valence-electron chi connectivity index (χ3n) is 2.97. The molecule has 0 bridgehead atoms. The predicted molar refractivity (Wildman–Crippen MR) is 86.4 cm³/mol. The Morgan fingerprint density at radius 1 is 1.09 bits per heavy atom. The Balaban J connectivity index is 1.65. The summed E-state index contributed by atoms with van der Waals surface area (Å²) in [5.74, 6) is 2.10. The van der Waals surface area contributed by atoms with Crippen LogP contribution in [-0.4, -0.2) is 11.6 Å². The lowest BCUT2D eigenvalue weighted by Gasteiger charge is -2.11. The number of para-hydroxylation sites is 2. The monoisotopic (exact) mass is 315 g/mol. The summed E-state index contributed by atoms with van der Waals surface area (Å²) < 4.78 is 17.0. The highest BCUT2D eigenvalue weighted by Crippen LogP contribution is 2.28. The van der Waals surface area contributed by atoms with Crippen molar-refractivity contribution in [2.45, 2.75) is 20.0 Å². The van der Waals surface area contributed by atoms with Crippen LogP contribution in [-0.2, 0) is 6.61 Å². The van der Waals surface area contributed by atoms with E-state index in [1.54, 1.807) is 17.6 Å². The SMILES string of the molecule is CCCOc1ccccc1OCc1coc(-c2cccs2)n1. The van der Waals surface area contributed by atoms with Crippen molar-refractivity contribution in [3.8, 4) is 22.3 Å². The highest BCUT2D eigenvalue weighted by molar-refractivity contribution is 7.13. The van der Waals surface area contributed by atoms with Crippen molar-refractivity contribution in [3.63, 3.8) is 0 Å². The molecule has 2 heterocycles. The zero-order valence-corrected chi connectivity index (χ0v) is 13.1. The fourth-order valence-electron chi connectivity index (χ4n) is 1.94. The molecule has 1 aromatic carbocycles. The minimum atomic E-state index is 0.349. The molecule has 3 aromatic rings. The quantitative estimate of drug-likeness (QED) is 0.630. The molecule has 0 atom stereocenters. The van der Waals surface area contributed by atoms with E-state index < -0.39 is 0 Å². The molecule has 0 aliphatic rings. The highest BCUT2D eigenvalue weighted by Gasteiger charge is 2.09. The van der Waals surface area contributed by atoms with E-state index in [1.165, 1.54) is 0 Å². The molecule has 0 radical (unpaired) electrons. The Labute approximate surface area is 133 Å². The molecule has 0 N–H and O–H groups in total. The smallest absolute Gasteiger partial charge is 0.236 e. The average Bonchev–Trinajstić information content (AvgIpc) is 3.22. The van der Waals surface area contributed by atoms with Crippen LogP contribution >= 0.6 is 11.3 Å². The molecule has 0 aliphatic heterocycles. The summed E-state index contributed by atoms with van der Waals surface area (Å²) in [4.78, 5) is 5.45. The first-order chi connectivity index (χ1) is 10.9. The molecular weight excluding hydrogens is 298 g/mol. The summed E-state index contributed by atoms with van der Waals surface area (Å²) in [7, 11) is 0. The first-order valence-electron chi connectivity index (χ1n) is 7.19. The number of nitrogens with zero attached hydrogens (tertiary/aromatic N) is 1. The maximum absolute atomic E-state index is 5.81. The molecule has 0 saturated heterocycles. The molecule has 114 valence electrons. The predicted octanol–water partition coefficient (Wildman–Crippen LogP) is 4.77. The summed E-state index contributed by atoms with van der Waals surface area (Å²) in [5.41, 5.74) is 0.758. The van der Waals surface area contributed by atoms with Gasteiger partial charge in [0.2, 0.25) is 5.89 Å². The van der Waals surface area contributed by atoms with Crippen molar-refractivity contribution in [1.82, 2.24) is 4.98 Å². The van der Waals surface area contributed by atoms with Crippen molar-refractivity contribution >= 4 is 11.3 Å². The maximum atomic E-state index is 5.81. The number of rotatable bonds is 7. The maximum Gasteiger partial charge on any atom is 0.236 e.